The Labute approximate surface area is 252 Å². The van der Waals surface area contributed by atoms with Crippen molar-refractivity contribution in [3.8, 4) is 0 Å². The number of allylic oxidation sites excluding steroid dienone is 2. The van der Waals surface area contributed by atoms with Gasteiger partial charge in [0, 0.05) is 8.95 Å². The van der Waals surface area contributed by atoms with E-state index in [0.717, 1.165) is 14.5 Å². The third-order valence-electron chi connectivity index (χ3n) is 8.96. The lowest BCUT2D eigenvalue weighted by Gasteiger charge is -2.43. The number of nitrogens with zero attached hydrogens (tertiary/aromatic N) is 2. The molecule has 1 aromatic heterocycles. The molecule has 4 amide bonds. The number of anilines is 2. The molecule has 10 heteroatoms. The van der Waals surface area contributed by atoms with E-state index in [-0.39, 0.29) is 36.7 Å². The van der Waals surface area contributed by atoms with Crippen molar-refractivity contribution < 1.29 is 28.7 Å². The molecule has 3 fully saturated rings. The van der Waals surface area contributed by atoms with Gasteiger partial charge in [0.15, 0.2) is 0 Å². The minimum Gasteiger partial charge on any atom is -0.463 e. The van der Waals surface area contributed by atoms with E-state index >= 15 is 0 Å². The Balaban J connectivity index is 1.32. The van der Waals surface area contributed by atoms with Crippen LogP contribution in [-0.4, -0.2) is 28.7 Å². The summed E-state index contributed by atoms with van der Waals surface area (Å²) in [7, 11) is 0. The molecule has 2 aromatic carbocycles. The van der Waals surface area contributed by atoms with E-state index in [2.05, 4.69) is 31.9 Å². The largest absolute Gasteiger partial charge is 0.463 e. The summed E-state index contributed by atoms with van der Waals surface area (Å²) in [5.74, 6) is -3.96. The molecule has 2 saturated heterocycles. The van der Waals surface area contributed by atoms with Gasteiger partial charge in [-0.25, -0.2) is 0 Å². The molecule has 41 heavy (non-hydrogen) atoms. The van der Waals surface area contributed by atoms with Gasteiger partial charge in [-0.05, 0) is 79.4 Å². The normalized spacial score (nSPS) is 29.0. The molecule has 1 N–H and O–H groups in total. The predicted octanol–water partition coefficient (Wildman–Crippen LogP) is 5.34. The van der Waals surface area contributed by atoms with Gasteiger partial charge in [0.1, 0.15) is 18.1 Å². The number of aliphatic hydroxyl groups is 1. The molecule has 0 bridgehead atoms. The van der Waals surface area contributed by atoms with Gasteiger partial charge in [-0.15, -0.1) is 0 Å². The van der Waals surface area contributed by atoms with E-state index in [9.17, 15) is 24.3 Å². The summed E-state index contributed by atoms with van der Waals surface area (Å²) in [6.45, 7) is -0.305. The van der Waals surface area contributed by atoms with Crippen LogP contribution in [0.5, 0.6) is 0 Å². The minimum atomic E-state index is -0.724. The van der Waals surface area contributed by atoms with Crippen LogP contribution >= 0.6 is 31.9 Å². The first-order valence-electron chi connectivity index (χ1n) is 13.4. The maximum Gasteiger partial charge on any atom is 0.238 e. The van der Waals surface area contributed by atoms with Crippen molar-refractivity contribution in [1.29, 1.82) is 0 Å². The molecule has 0 spiro atoms. The summed E-state index contributed by atoms with van der Waals surface area (Å²) in [6.07, 6.45) is 2.62. The molecular weight excluding hydrogens is 656 g/mol. The molecule has 2 aliphatic heterocycles. The van der Waals surface area contributed by atoms with Crippen molar-refractivity contribution in [1.82, 2.24) is 0 Å². The van der Waals surface area contributed by atoms with Crippen molar-refractivity contribution in [2.24, 2.45) is 29.6 Å². The van der Waals surface area contributed by atoms with E-state index in [4.69, 9.17) is 4.42 Å². The Morgan fingerprint density at radius 3 is 1.83 bits per heavy atom. The van der Waals surface area contributed by atoms with Gasteiger partial charge in [0.25, 0.3) is 0 Å². The smallest absolute Gasteiger partial charge is 0.238 e. The van der Waals surface area contributed by atoms with Crippen molar-refractivity contribution in [3.63, 3.8) is 0 Å². The molecule has 1 saturated carbocycles. The highest BCUT2D eigenvalue weighted by atomic mass is 79.9. The summed E-state index contributed by atoms with van der Waals surface area (Å²) in [6, 6.07) is 17.5. The molecule has 3 aromatic rings. The molecule has 208 valence electrons. The Bertz CT molecular complexity index is 1630. The second-order valence-corrected chi connectivity index (χ2v) is 12.8. The minimum absolute atomic E-state index is 0.248. The lowest BCUT2D eigenvalue weighted by molar-refractivity contribution is -0.126. The number of carbonyl (C=O) groups excluding carboxylic acids is 4. The summed E-state index contributed by atoms with van der Waals surface area (Å²) in [4.78, 5) is 58.1. The van der Waals surface area contributed by atoms with E-state index in [1.54, 1.807) is 60.7 Å². The Morgan fingerprint density at radius 1 is 0.707 bits per heavy atom. The first-order valence-corrected chi connectivity index (χ1v) is 15.0. The van der Waals surface area contributed by atoms with Crippen LogP contribution < -0.4 is 9.80 Å². The van der Waals surface area contributed by atoms with Crippen LogP contribution in [0.4, 0.5) is 11.4 Å². The number of furan rings is 1. The van der Waals surface area contributed by atoms with Crippen molar-refractivity contribution in [2.75, 3.05) is 9.80 Å². The van der Waals surface area contributed by atoms with Gasteiger partial charge in [-0.3, -0.25) is 29.0 Å². The van der Waals surface area contributed by atoms with Crippen molar-refractivity contribution in [3.05, 3.63) is 92.8 Å². The maximum absolute atomic E-state index is 14.0. The second-order valence-electron chi connectivity index (χ2n) is 11.0. The van der Waals surface area contributed by atoms with Gasteiger partial charge in [0.05, 0.1) is 41.0 Å². The van der Waals surface area contributed by atoms with Gasteiger partial charge in [-0.2, -0.15) is 0 Å². The van der Waals surface area contributed by atoms with Crippen molar-refractivity contribution >= 4 is 66.9 Å². The fraction of sp³-hybridized carbons (Fsp3) is 0.290. The standard InChI is InChI=1S/C31H24Br2N2O6/c32-15-1-5-17(6-2-15)34-28(37)21-11-10-20-22(25(21)30(34)39)13-23-27(26(20)24-12-9-19(14-36)41-24)31(40)35(29(23)38)18-7-3-16(33)4-8-18/h1-10,12,21-23,25-27,36H,11,13-14H2/t21-,22+,23+,25-,26+,27+/m0/s1. The van der Waals surface area contributed by atoms with Crippen LogP contribution in [-0.2, 0) is 25.8 Å². The Kier molecular flexibility index (Phi) is 6.40. The molecule has 2 aliphatic carbocycles. The highest BCUT2D eigenvalue weighted by Gasteiger charge is 2.62. The van der Waals surface area contributed by atoms with Crippen LogP contribution in [0.3, 0.4) is 0 Å². The highest BCUT2D eigenvalue weighted by molar-refractivity contribution is 9.10. The zero-order chi connectivity index (χ0) is 28.6. The molecular formula is C31H24Br2N2O6. The van der Waals surface area contributed by atoms with Crippen LogP contribution in [0, 0.1) is 29.6 Å². The number of halogens is 2. The zero-order valence-corrected chi connectivity index (χ0v) is 24.7. The number of carbonyl (C=O) groups is 4. The first kappa shape index (κ1) is 26.6. The van der Waals surface area contributed by atoms with Crippen LogP contribution in [0.1, 0.15) is 30.3 Å². The van der Waals surface area contributed by atoms with E-state index < -0.39 is 35.5 Å². The number of rotatable bonds is 4. The maximum atomic E-state index is 14.0. The third-order valence-corrected chi connectivity index (χ3v) is 10.0. The number of fused-ring (bicyclic) bond motifs is 4. The van der Waals surface area contributed by atoms with E-state index in [0.29, 0.717) is 29.3 Å². The Morgan fingerprint density at radius 2 is 1.27 bits per heavy atom. The highest BCUT2D eigenvalue weighted by Crippen LogP contribution is 2.58. The van der Waals surface area contributed by atoms with Crippen molar-refractivity contribution in [2.45, 2.75) is 25.4 Å². The van der Waals surface area contributed by atoms with Gasteiger partial charge < -0.3 is 9.52 Å². The number of amides is 4. The monoisotopic (exact) mass is 678 g/mol. The van der Waals surface area contributed by atoms with Crippen LogP contribution in [0.2, 0.25) is 0 Å². The molecule has 3 heterocycles. The third kappa shape index (κ3) is 4.02. The van der Waals surface area contributed by atoms with Gasteiger partial charge in [-0.1, -0.05) is 43.5 Å². The topological polar surface area (TPSA) is 108 Å². The average Bonchev–Trinajstić information content (AvgIpc) is 3.62. The predicted molar refractivity (Wildman–Crippen MR) is 155 cm³/mol. The SMILES string of the molecule is O=C1[C@H]2[C@H](CC=C3[C@H]2C[C@H]2C(=O)N(c4ccc(Br)cc4)C(=O)[C@H]2[C@H]3c2ccc(CO)o2)C(=O)N1c1ccc(Br)cc1. The van der Waals surface area contributed by atoms with E-state index in [1.165, 1.54) is 9.80 Å². The van der Waals surface area contributed by atoms with Gasteiger partial charge in [0.2, 0.25) is 23.6 Å². The number of hydrogen-bond donors (Lipinski definition) is 1. The zero-order valence-electron chi connectivity index (χ0n) is 21.6. The molecule has 0 unspecified atom stereocenters. The number of aliphatic hydroxyl groups excluding tert-OH is 1. The fourth-order valence-electron chi connectivity index (χ4n) is 7.24. The van der Waals surface area contributed by atoms with E-state index in [1.807, 2.05) is 6.08 Å². The molecule has 4 aliphatic rings. The fourth-order valence-corrected chi connectivity index (χ4v) is 7.77. The molecule has 0 radical (unpaired) electrons. The Hall–Kier alpha value is -3.34. The van der Waals surface area contributed by atoms with Crippen LogP contribution in [0.25, 0.3) is 0 Å². The average molecular weight is 680 g/mol. The number of benzene rings is 2. The summed E-state index contributed by atoms with van der Waals surface area (Å²) in [5, 5.41) is 9.69. The molecule has 7 rings (SSSR count). The quantitative estimate of drug-likeness (QED) is 0.295. The first-order chi connectivity index (χ1) is 19.8. The number of imide groups is 2. The summed E-state index contributed by atoms with van der Waals surface area (Å²) >= 11 is 6.80. The molecule has 6 atom stereocenters. The van der Waals surface area contributed by atoms with Gasteiger partial charge >= 0.3 is 0 Å². The van der Waals surface area contributed by atoms with Crippen LogP contribution in [0.15, 0.2) is 85.7 Å². The number of hydrogen-bond acceptors (Lipinski definition) is 6. The lowest BCUT2D eigenvalue weighted by atomic mass is 9.58. The molecule has 8 nitrogen and oxygen atoms in total. The summed E-state index contributed by atoms with van der Waals surface area (Å²) < 4.78 is 7.65. The summed E-state index contributed by atoms with van der Waals surface area (Å²) in [5.41, 5.74) is 1.84. The lowest BCUT2D eigenvalue weighted by Crippen LogP contribution is -2.43. The second kappa shape index (κ2) is 9.89.